The van der Waals surface area contributed by atoms with Crippen molar-refractivity contribution in [3.8, 4) is 0 Å². The summed E-state index contributed by atoms with van der Waals surface area (Å²) in [7, 11) is 2.16. The third kappa shape index (κ3) is 2.95. The zero-order valence-corrected chi connectivity index (χ0v) is 14.8. The summed E-state index contributed by atoms with van der Waals surface area (Å²) in [6, 6.07) is 8.70. The maximum absolute atomic E-state index is 5.56. The first-order chi connectivity index (χ1) is 10.3. The fourth-order valence-corrected chi connectivity index (χ4v) is 3.47. The number of hydrogen-bond acceptors (Lipinski definition) is 3. The molecule has 3 nitrogen and oxygen atoms in total. The Kier molecular flexibility index (Phi) is 3.86. The van der Waals surface area contributed by atoms with Crippen LogP contribution >= 0.6 is 12.2 Å². The highest BCUT2D eigenvalue weighted by Gasteiger charge is 2.39. The number of aliphatic imine (C=N–C) groups is 1. The molecule has 22 heavy (non-hydrogen) atoms. The first-order valence-corrected chi connectivity index (χ1v) is 8.42. The van der Waals surface area contributed by atoms with Crippen LogP contribution in [-0.4, -0.2) is 41.4 Å². The number of nitrogens with one attached hydrogen (secondary N) is 1. The van der Waals surface area contributed by atoms with E-state index < -0.39 is 0 Å². The van der Waals surface area contributed by atoms with Crippen LogP contribution in [0.25, 0.3) is 0 Å². The van der Waals surface area contributed by atoms with Crippen LogP contribution in [0.2, 0.25) is 0 Å². The second kappa shape index (κ2) is 5.43. The van der Waals surface area contributed by atoms with Gasteiger partial charge in [-0.25, -0.2) is 0 Å². The lowest BCUT2D eigenvalue weighted by atomic mass is 9.86. The van der Waals surface area contributed by atoms with Gasteiger partial charge in [0.05, 0.1) is 0 Å². The second-order valence-electron chi connectivity index (χ2n) is 7.58. The lowest BCUT2D eigenvalue weighted by molar-refractivity contribution is 0.185. The highest BCUT2D eigenvalue weighted by Crippen LogP contribution is 2.29. The molecule has 0 radical (unpaired) electrons. The fourth-order valence-electron chi connectivity index (χ4n) is 3.11. The third-order valence-electron chi connectivity index (χ3n) is 4.73. The van der Waals surface area contributed by atoms with E-state index in [1.807, 2.05) is 0 Å². The van der Waals surface area contributed by atoms with E-state index in [4.69, 9.17) is 17.2 Å². The molecule has 0 bridgehead atoms. The topological polar surface area (TPSA) is 27.6 Å². The van der Waals surface area contributed by atoms with Crippen molar-refractivity contribution in [2.75, 3.05) is 20.1 Å². The first kappa shape index (κ1) is 15.6. The molecule has 0 aliphatic carbocycles. The minimum Gasteiger partial charge on any atom is -0.350 e. The molecule has 0 atom stereocenters. The summed E-state index contributed by atoms with van der Waals surface area (Å²) in [6.45, 7) is 8.82. The van der Waals surface area contributed by atoms with E-state index in [1.165, 1.54) is 5.56 Å². The standard InChI is InChI=1S/C18H25N3S/c1-17(2,3)14-7-5-13(6-8-14)15-16(22)20-18(19-15)9-11-21(4)12-10-18/h5-8H,9-12H2,1-4H3,(H,20,22). The molecule has 0 saturated carbocycles. The Morgan fingerprint density at radius 2 is 1.73 bits per heavy atom. The zero-order valence-electron chi connectivity index (χ0n) is 13.9. The van der Waals surface area contributed by atoms with Crippen LogP contribution in [0.3, 0.4) is 0 Å². The second-order valence-corrected chi connectivity index (χ2v) is 7.98. The average molecular weight is 315 g/mol. The highest BCUT2D eigenvalue weighted by molar-refractivity contribution is 7.82. The van der Waals surface area contributed by atoms with Gasteiger partial charge in [0.1, 0.15) is 16.4 Å². The minimum absolute atomic E-state index is 0.165. The van der Waals surface area contributed by atoms with E-state index in [0.717, 1.165) is 42.2 Å². The van der Waals surface area contributed by atoms with Crippen LogP contribution in [0.4, 0.5) is 0 Å². The van der Waals surface area contributed by atoms with Crippen LogP contribution in [-0.2, 0) is 5.41 Å². The Hall–Kier alpha value is -1.26. The van der Waals surface area contributed by atoms with Crippen molar-refractivity contribution >= 4 is 22.9 Å². The average Bonchev–Trinajstić information content (AvgIpc) is 2.79. The lowest BCUT2D eigenvalue weighted by Gasteiger charge is -2.35. The Morgan fingerprint density at radius 1 is 1.14 bits per heavy atom. The number of hydrogen-bond donors (Lipinski definition) is 1. The maximum Gasteiger partial charge on any atom is 0.133 e. The van der Waals surface area contributed by atoms with Crippen molar-refractivity contribution in [2.24, 2.45) is 4.99 Å². The van der Waals surface area contributed by atoms with E-state index in [-0.39, 0.29) is 11.1 Å². The zero-order chi connectivity index (χ0) is 16.0. The van der Waals surface area contributed by atoms with E-state index in [1.54, 1.807) is 0 Å². The highest BCUT2D eigenvalue weighted by atomic mass is 32.1. The predicted octanol–water partition coefficient (Wildman–Crippen LogP) is 3.13. The number of benzene rings is 1. The van der Waals surface area contributed by atoms with Crippen LogP contribution in [0.1, 0.15) is 44.7 Å². The van der Waals surface area contributed by atoms with Gasteiger partial charge in [-0.15, -0.1) is 0 Å². The molecule has 1 N–H and O–H groups in total. The summed E-state index contributed by atoms with van der Waals surface area (Å²) in [5.41, 5.74) is 3.43. The van der Waals surface area contributed by atoms with Gasteiger partial charge in [0.2, 0.25) is 0 Å². The molecule has 2 heterocycles. The summed E-state index contributed by atoms with van der Waals surface area (Å²) in [5.74, 6) is 0. The Labute approximate surface area is 138 Å². The van der Waals surface area contributed by atoms with Crippen molar-refractivity contribution in [1.82, 2.24) is 10.2 Å². The van der Waals surface area contributed by atoms with Gasteiger partial charge in [0.15, 0.2) is 0 Å². The number of likely N-dealkylation sites (tertiary alicyclic amines) is 1. The summed E-state index contributed by atoms with van der Waals surface area (Å²) in [4.78, 5) is 8.14. The molecule has 0 aromatic heterocycles. The normalized spacial score (nSPS) is 21.8. The molecule has 118 valence electrons. The largest absolute Gasteiger partial charge is 0.350 e. The van der Waals surface area contributed by atoms with Gasteiger partial charge in [0.25, 0.3) is 0 Å². The van der Waals surface area contributed by atoms with Crippen molar-refractivity contribution in [3.63, 3.8) is 0 Å². The maximum atomic E-state index is 5.56. The number of thiocarbonyl (C=S) groups is 1. The number of rotatable bonds is 1. The van der Waals surface area contributed by atoms with Gasteiger partial charge in [-0.2, -0.15) is 0 Å². The first-order valence-electron chi connectivity index (χ1n) is 8.01. The van der Waals surface area contributed by atoms with Crippen molar-refractivity contribution in [2.45, 2.75) is 44.7 Å². The summed E-state index contributed by atoms with van der Waals surface area (Å²) in [6.07, 6.45) is 2.04. The van der Waals surface area contributed by atoms with Gasteiger partial charge >= 0.3 is 0 Å². The summed E-state index contributed by atoms with van der Waals surface area (Å²) < 4.78 is 0. The predicted molar refractivity (Wildman–Crippen MR) is 96.9 cm³/mol. The smallest absolute Gasteiger partial charge is 0.133 e. The fraction of sp³-hybridized carbons (Fsp3) is 0.556. The minimum atomic E-state index is -0.165. The van der Waals surface area contributed by atoms with Crippen molar-refractivity contribution in [1.29, 1.82) is 0 Å². The van der Waals surface area contributed by atoms with Crippen LogP contribution < -0.4 is 5.32 Å². The van der Waals surface area contributed by atoms with E-state index in [0.29, 0.717) is 0 Å². The summed E-state index contributed by atoms with van der Waals surface area (Å²) in [5, 5.41) is 3.48. The molecule has 0 unspecified atom stereocenters. The Balaban J connectivity index is 1.86. The van der Waals surface area contributed by atoms with Gasteiger partial charge in [-0.05, 0) is 18.0 Å². The van der Waals surface area contributed by atoms with E-state index in [9.17, 15) is 0 Å². The molecule has 1 fully saturated rings. The Morgan fingerprint density at radius 3 is 2.27 bits per heavy atom. The summed E-state index contributed by atoms with van der Waals surface area (Å²) >= 11 is 5.56. The lowest BCUT2D eigenvalue weighted by Crippen LogP contribution is -2.49. The molecule has 1 aromatic rings. The van der Waals surface area contributed by atoms with Gasteiger partial charge in [-0.3, -0.25) is 4.99 Å². The van der Waals surface area contributed by atoms with Gasteiger partial charge in [-0.1, -0.05) is 57.3 Å². The number of piperidine rings is 1. The van der Waals surface area contributed by atoms with Crippen molar-refractivity contribution < 1.29 is 0 Å². The SMILES string of the molecule is CN1CCC2(CC1)N=C(c1ccc(C(C)(C)C)cc1)C(=S)N2. The molecular weight excluding hydrogens is 290 g/mol. The van der Waals surface area contributed by atoms with Crippen LogP contribution in [0.5, 0.6) is 0 Å². The molecule has 2 aliphatic heterocycles. The quantitative estimate of drug-likeness (QED) is 0.807. The molecule has 1 saturated heterocycles. The molecule has 2 aliphatic rings. The third-order valence-corrected chi connectivity index (χ3v) is 5.02. The molecule has 1 spiro atoms. The molecule has 1 aromatic carbocycles. The molecular formula is C18H25N3S. The monoisotopic (exact) mass is 315 g/mol. The van der Waals surface area contributed by atoms with Crippen LogP contribution in [0, 0.1) is 0 Å². The molecule has 3 rings (SSSR count). The van der Waals surface area contributed by atoms with Gasteiger partial charge < -0.3 is 10.2 Å². The molecule has 0 amide bonds. The van der Waals surface area contributed by atoms with E-state index >= 15 is 0 Å². The van der Waals surface area contributed by atoms with Crippen LogP contribution in [0.15, 0.2) is 29.3 Å². The Bertz CT molecular complexity index is 602. The van der Waals surface area contributed by atoms with Crippen molar-refractivity contribution in [3.05, 3.63) is 35.4 Å². The van der Waals surface area contributed by atoms with Gasteiger partial charge in [0, 0.05) is 31.5 Å². The van der Waals surface area contributed by atoms with E-state index in [2.05, 4.69) is 62.3 Å². The number of nitrogens with zero attached hydrogens (tertiary/aromatic N) is 2. The molecule has 4 heteroatoms.